The zero-order valence-corrected chi connectivity index (χ0v) is 10.2. The molecular formula is C12H13NO3S. The predicted octanol–water partition coefficient (Wildman–Crippen LogP) is 1.04. The van der Waals surface area contributed by atoms with Crippen LogP contribution in [-0.2, 0) is 9.84 Å². The van der Waals surface area contributed by atoms with Crippen molar-refractivity contribution in [1.82, 2.24) is 0 Å². The van der Waals surface area contributed by atoms with Crippen molar-refractivity contribution in [2.24, 2.45) is 5.41 Å². The van der Waals surface area contributed by atoms with Gasteiger partial charge in [-0.25, -0.2) is 8.42 Å². The number of benzene rings is 1. The molecule has 0 saturated heterocycles. The minimum atomic E-state index is -3.50. The maximum Gasteiger partial charge on any atom is 0.182 e. The predicted molar refractivity (Wildman–Crippen MR) is 61.9 cm³/mol. The van der Waals surface area contributed by atoms with E-state index in [2.05, 4.69) is 0 Å². The Kier molecular flexibility index (Phi) is 2.72. The van der Waals surface area contributed by atoms with Gasteiger partial charge in [0.15, 0.2) is 9.84 Å². The average molecular weight is 251 g/mol. The summed E-state index contributed by atoms with van der Waals surface area (Å²) in [4.78, 5) is 0.221. The molecule has 0 aliphatic heterocycles. The topological polar surface area (TPSA) is 78.2 Å². The molecule has 1 N–H and O–H groups in total. The second kappa shape index (κ2) is 3.83. The van der Waals surface area contributed by atoms with Crippen LogP contribution in [0.15, 0.2) is 29.2 Å². The highest BCUT2D eigenvalue weighted by atomic mass is 32.2. The smallest absolute Gasteiger partial charge is 0.182 e. The summed E-state index contributed by atoms with van der Waals surface area (Å²) in [7, 11) is -3.50. The number of aryl methyl sites for hydroxylation is 1. The molecule has 0 radical (unpaired) electrons. The summed E-state index contributed by atoms with van der Waals surface area (Å²) in [5.41, 5.74) is -0.113. The fourth-order valence-corrected chi connectivity index (χ4v) is 3.97. The van der Waals surface area contributed by atoms with E-state index in [-0.39, 0.29) is 11.3 Å². The lowest BCUT2D eigenvalue weighted by molar-refractivity contribution is 0.246. The molecule has 0 bridgehead atoms. The first kappa shape index (κ1) is 12.1. The van der Waals surface area contributed by atoms with Gasteiger partial charge in [0.25, 0.3) is 0 Å². The molecule has 1 aromatic rings. The van der Waals surface area contributed by atoms with Gasteiger partial charge in [-0.2, -0.15) is 5.26 Å². The van der Waals surface area contributed by atoms with Gasteiger partial charge >= 0.3 is 0 Å². The van der Waals surface area contributed by atoms with Crippen molar-refractivity contribution >= 4 is 9.84 Å². The Bertz CT molecular complexity index is 571. The van der Waals surface area contributed by atoms with Crippen LogP contribution < -0.4 is 0 Å². The molecule has 0 amide bonds. The lowest BCUT2D eigenvalue weighted by Crippen LogP contribution is -2.18. The van der Waals surface area contributed by atoms with Crippen LogP contribution in [0.5, 0.6) is 0 Å². The van der Waals surface area contributed by atoms with Crippen LogP contribution in [0, 0.1) is 23.7 Å². The van der Waals surface area contributed by atoms with Gasteiger partial charge < -0.3 is 5.11 Å². The van der Waals surface area contributed by atoms with Crippen LogP contribution in [-0.4, -0.2) is 25.4 Å². The van der Waals surface area contributed by atoms with Crippen LogP contribution >= 0.6 is 0 Å². The minimum absolute atomic E-state index is 0.218. The number of sulfone groups is 1. The van der Waals surface area contributed by atoms with E-state index >= 15 is 0 Å². The molecule has 1 aliphatic rings. The highest BCUT2D eigenvalue weighted by molar-refractivity contribution is 7.92. The first-order chi connectivity index (χ1) is 7.96. The van der Waals surface area contributed by atoms with Crippen molar-refractivity contribution in [3.05, 3.63) is 29.8 Å². The van der Waals surface area contributed by atoms with Gasteiger partial charge in [0.05, 0.1) is 28.2 Å². The second-order valence-electron chi connectivity index (χ2n) is 4.48. The first-order valence-corrected chi connectivity index (χ1v) is 6.83. The number of nitrogens with zero attached hydrogens (tertiary/aromatic N) is 1. The van der Waals surface area contributed by atoms with Gasteiger partial charge in [-0.3, -0.25) is 0 Å². The molecular weight excluding hydrogens is 238 g/mol. The second-order valence-corrected chi connectivity index (χ2v) is 6.61. The lowest BCUT2D eigenvalue weighted by atomic mass is 10.2. The summed E-state index contributed by atoms with van der Waals surface area (Å²) in [6.45, 7) is 1.47. The SMILES string of the molecule is Cc1ccc(S(=O)(=O)C2CC2(C#N)CO)cc1. The van der Waals surface area contributed by atoms with E-state index in [1.54, 1.807) is 24.3 Å². The number of hydrogen-bond acceptors (Lipinski definition) is 4. The van der Waals surface area contributed by atoms with Crippen molar-refractivity contribution in [3.8, 4) is 6.07 Å². The molecule has 1 aliphatic carbocycles. The van der Waals surface area contributed by atoms with Crippen LogP contribution in [0.3, 0.4) is 0 Å². The maximum absolute atomic E-state index is 12.2. The number of aliphatic hydroxyl groups excluding tert-OH is 1. The molecule has 1 fully saturated rings. The molecule has 17 heavy (non-hydrogen) atoms. The summed E-state index contributed by atoms with van der Waals surface area (Å²) < 4.78 is 24.4. The number of rotatable bonds is 3. The third-order valence-corrected chi connectivity index (χ3v) is 5.53. The van der Waals surface area contributed by atoms with E-state index in [9.17, 15) is 8.42 Å². The van der Waals surface area contributed by atoms with E-state index in [1.165, 1.54) is 0 Å². The summed E-state index contributed by atoms with van der Waals surface area (Å²) in [5.74, 6) is 0. The molecule has 0 heterocycles. The number of hydrogen-bond donors (Lipinski definition) is 1. The molecule has 1 saturated carbocycles. The van der Waals surface area contributed by atoms with Crippen LogP contribution in [0.2, 0.25) is 0 Å². The summed E-state index contributed by atoms with van der Waals surface area (Å²) >= 11 is 0. The van der Waals surface area contributed by atoms with E-state index in [4.69, 9.17) is 10.4 Å². The molecule has 0 spiro atoms. The van der Waals surface area contributed by atoms with Gasteiger partial charge in [0, 0.05) is 0 Å². The first-order valence-electron chi connectivity index (χ1n) is 5.29. The van der Waals surface area contributed by atoms with Crippen molar-refractivity contribution < 1.29 is 13.5 Å². The van der Waals surface area contributed by atoms with E-state index < -0.39 is 27.1 Å². The van der Waals surface area contributed by atoms with Gasteiger partial charge in [0.1, 0.15) is 0 Å². The van der Waals surface area contributed by atoms with Crippen molar-refractivity contribution in [3.63, 3.8) is 0 Å². The quantitative estimate of drug-likeness (QED) is 0.870. The Morgan fingerprint density at radius 1 is 1.47 bits per heavy atom. The summed E-state index contributed by atoms with van der Waals surface area (Å²) in [5, 5.41) is 17.2. The van der Waals surface area contributed by atoms with Gasteiger partial charge in [-0.15, -0.1) is 0 Å². The molecule has 2 rings (SSSR count). The monoisotopic (exact) mass is 251 g/mol. The highest BCUT2D eigenvalue weighted by Gasteiger charge is 2.62. The Labute approximate surface area is 100 Å². The molecule has 2 unspecified atom stereocenters. The fraction of sp³-hybridized carbons (Fsp3) is 0.417. The average Bonchev–Trinajstić information content (AvgIpc) is 3.06. The third kappa shape index (κ3) is 1.84. The van der Waals surface area contributed by atoms with Crippen molar-refractivity contribution in [2.45, 2.75) is 23.5 Å². The lowest BCUT2D eigenvalue weighted by Gasteiger charge is -2.06. The van der Waals surface area contributed by atoms with Gasteiger partial charge in [-0.05, 0) is 25.5 Å². The largest absolute Gasteiger partial charge is 0.395 e. The standard InChI is InChI=1S/C12H13NO3S/c1-9-2-4-10(5-3-9)17(15,16)11-6-12(11,7-13)8-14/h2-5,11,14H,6,8H2,1H3. The van der Waals surface area contributed by atoms with Gasteiger partial charge in [0.2, 0.25) is 0 Å². The Morgan fingerprint density at radius 3 is 2.47 bits per heavy atom. The summed E-state index contributed by atoms with van der Waals surface area (Å²) in [6.07, 6.45) is 0.218. The Hall–Kier alpha value is -1.38. The van der Waals surface area contributed by atoms with Crippen molar-refractivity contribution in [2.75, 3.05) is 6.61 Å². The maximum atomic E-state index is 12.2. The van der Waals surface area contributed by atoms with Crippen LogP contribution in [0.25, 0.3) is 0 Å². The van der Waals surface area contributed by atoms with E-state index in [0.29, 0.717) is 0 Å². The Morgan fingerprint density at radius 2 is 2.06 bits per heavy atom. The van der Waals surface area contributed by atoms with Gasteiger partial charge in [-0.1, -0.05) is 17.7 Å². The van der Waals surface area contributed by atoms with Crippen molar-refractivity contribution in [1.29, 1.82) is 5.26 Å². The zero-order chi connectivity index (χ0) is 12.7. The molecule has 4 nitrogen and oxygen atoms in total. The fourth-order valence-electron chi connectivity index (χ4n) is 1.89. The Balaban J connectivity index is 2.35. The minimum Gasteiger partial charge on any atom is -0.395 e. The third-order valence-electron chi connectivity index (χ3n) is 3.23. The molecule has 1 aromatic carbocycles. The van der Waals surface area contributed by atoms with Crippen LogP contribution in [0.4, 0.5) is 0 Å². The zero-order valence-electron chi connectivity index (χ0n) is 9.42. The molecule has 0 aromatic heterocycles. The molecule has 2 atom stereocenters. The summed E-state index contributed by atoms with van der Waals surface area (Å²) in [6, 6.07) is 8.45. The number of nitriles is 1. The van der Waals surface area contributed by atoms with Crippen LogP contribution in [0.1, 0.15) is 12.0 Å². The van der Waals surface area contributed by atoms with E-state index in [0.717, 1.165) is 5.56 Å². The number of aliphatic hydroxyl groups is 1. The molecule has 5 heteroatoms. The van der Waals surface area contributed by atoms with E-state index in [1.807, 2.05) is 13.0 Å². The highest BCUT2D eigenvalue weighted by Crippen LogP contribution is 2.51. The molecule has 90 valence electrons. The normalized spacial score (nSPS) is 27.5.